The zero-order valence-electron chi connectivity index (χ0n) is 9.69. The monoisotopic (exact) mass is 223 g/mol. The summed E-state index contributed by atoms with van der Waals surface area (Å²) in [5.41, 5.74) is 0.806. The lowest BCUT2D eigenvalue weighted by molar-refractivity contribution is 0.0694. The molecule has 0 spiro atoms. The highest BCUT2D eigenvalue weighted by Crippen LogP contribution is 2.20. The molecule has 1 fully saturated rings. The highest BCUT2D eigenvalue weighted by Gasteiger charge is 2.31. The molecule has 1 aromatic rings. The number of rotatable bonds is 3. The molecule has 5 nitrogen and oxygen atoms in total. The Morgan fingerprint density at radius 3 is 3.19 bits per heavy atom. The normalized spacial score (nSPS) is 20.4. The number of likely N-dealkylation sites (N-methyl/N-ethyl adjacent to an activating group) is 1. The third-order valence-corrected chi connectivity index (χ3v) is 3.02. The lowest BCUT2D eigenvalue weighted by Gasteiger charge is -2.23. The van der Waals surface area contributed by atoms with Gasteiger partial charge in [0.25, 0.3) is 5.91 Å². The van der Waals surface area contributed by atoms with Gasteiger partial charge in [0.05, 0.1) is 6.20 Å². The topological polar surface area (TPSA) is 58.4 Å². The number of aryl methyl sites for hydroxylation is 1. The van der Waals surface area contributed by atoms with E-state index in [1.165, 1.54) is 0 Å². The molecule has 88 valence electrons. The molecule has 0 bridgehead atoms. The van der Waals surface area contributed by atoms with Crippen LogP contribution in [0.1, 0.15) is 29.0 Å². The third kappa shape index (κ3) is 1.95. The van der Waals surface area contributed by atoms with Crippen LogP contribution < -0.4 is 5.32 Å². The molecule has 1 saturated heterocycles. The van der Waals surface area contributed by atoms with E-state index in [1.54, 1.807) is 6.20 Å². The van der Waals surface area contributed by atoms with E-state index < -0.39 is 0 Å². The van der Waals surface area contributed by atoms with Crippen LogP contribution in [0.15, 0.2) is 10.7 Å². The van der Waals surface area contributed by atoms with E-state index in [-0.39, 0.29) is 11.9 Å². The minimum absolute atomic E-state index is 0.0345. The highest BCUT2D eigenvalue weighted by molar-refractivity contribution is 5.93. The maximum atomic E-state index is 12.2. The Bertz CT molecular complexity index is 375. The molecule has 5 heteroatoms. The number of carbonyl (C=O) groups excluding carboxylic acids is 1. The van der Waals surface area contributed by atoms with Crippen molar-refractivity contribution in [2.45, 2.75) is 25.8 Å². The molecule has 1 atom stereocenters. The van der Waals surface area contributed by atoms with E-state index in [9.17, 15) is 4.79 Å². The average molecular weight is 223 g/mol. The van der Waals surface area contributed by atoms with E-state index in [0.717, 1.165) is 31.5 Å². The molecule has 0 aliphatic carbocycles. The second kappa shape index (κ2) is 4.65. The van der Waals surface area contributed by atoms with Crippen molar-refractivity contribution in [3.05, 3.63) is 17.5 Å². The molecular weight excluding hydrogens is 206 g/mol. The van der Waals surface area contributed by atoms with Crippen LogP contribution in [0.5, 0.6) is 0 Å². The Kier molecular flexibility index (Phi) is 3.24. The largest absolute Gasteiger partial charge is 0.351 e. The molecule has 16 heavy (non-hydrogen) atoms. The molecular formula is C11H17N3O2. The SMILES string of the molecule is CNCC1CCCN1C(=O)c1oncc1C. The van der Waals surface area contributed by atoms with Crippen LogP contribution in [0.25, 0.3) is 0 Å². The Balaban J connectivity index is 2.12. The highest BCUT2D eigenvalue weighted by atomic mass is 16.5. The van der Waals surface area contributed by atoms with E-state index >= 15 is 0 Å². The molecule has 0 radical (unpaired) electrons. The molecule has 0 saturated carbocycles. The van der Waals surface area contributed by atoms with Crippen molar-refractivity contribution in [2.24, 2.45) is 0 Å². The maximum absolute atomic E-state index is 12.2. The Labute approximate surface area is 94.8 Å². The molecule has 1 unspecified atom stereocenters. The summed E-state index contributed by atoms with van der Waals surface area (Å²) < 4.78 is 5.00. The van der Waals surface area contributed by atoms with Gasteiger partial charge < -0.3 is 14.7 Å². The van der Waals surface area contributed by atoms with Gasteiger partial charge in [-0.05, 0) is 26.8 Å². The van der Waals surface area contributed by atoms with E-state index in [1.807, 2.05) is 18.9 Å². The van der Waals surface area contributed by atoms with Crippen LogP contribution in [-0.2, 0) is 0 Å². The van der Waals surface area contributed by atoms with Crippen molar-refractivity contribution in [1.29, 1.82) is 0 Å². The van der Waals surface area contributed by atoms with Crippen molar-refractivity contribution in [1.82, 2.24) is 15.4 Å². The molecule has 2 rings (SSSR count). The minimum Gasteiger partial charge on any atom is -0.351 e. The smallest absolute Gasteiger partial charge is 0.293 e. The van der Waals surface area contributed by atoms with Crippen LogP contribution >= 0.6 is 0 Å². The first-order valence-corrected chi connectivity index (χ1v) is 5.61. The van der Waals surface area contributed by atoms with Crippen LogP contribution in [0.4, 0.5) is 0 Å². The number of nitrogens with zero attached hydrogens (tertiary/aromatic N) is 2. The van der Waals surface area contributed by atoms with E-state index in [2.05, 4.69) is 10.5 Å². The quantitative estimate of drug-likeness (QED) is 0.823. The molecule has 1 aliphatic rings. The third-order valence-electron chi connectivity index (χ3n) is 3.02. The van der Waals surface area contributed by atoms with E-state index in [0.29, 0.717) is 5.76 Å². The van der Waals surface area contributed by atoms with Gasteiger partial charge in [0.15, 0.2) is 0 Å². The Hall–Kier alpha value is -1.36. The first-order chi connectivity index (χ1) is 7.74. The summed E-state index contributed by atoms with van der Waals surface area (Å²) in [6.45, 7) is 3.48. The summed E-state index contributed by atoms with van der Waals surface area (Å²) in [6, 6.07) is 0.280. The maximum Gasteiger partial charge on any atom is 0.293 e. The fourth-order valence-electron chi connectivity index (χ4n) is 2.18. The summed E-state index contributed by atoms with van der Waals surface area (Å²) in [6.07, 6.45) is 3.70. The number of hydrogen-bond acceptors (Lipinski definition) is 4. The number of carbonyl (C=O) groups is 1. The summed E-state index contributed by atoms with van der Waals surface area (Å²) in [5.74, 6) is 0.343. The van der Waals surface area contributed by atoms with Gasteiger partial charge in [-0.2, -0.15) is 0 Å². The van der Waals surface area contributed by atoms with E-state index in [4.69, 9.17) is 4.52 Å². The van der Waals surface area contributed by atoms with Gasteiger partial charge in [-0.3, -0.25) is 4.79 Å². The minimum atomic E-state index is -0.0345. The lowest BCUT2D eigenvalue weighted by atomic mass is 10.2. The number of nitrogens with one attached hydrogen (secondary N) is 1. The predicted octanol–water partition coefficient (Wildman–Crippen LogP) is 0.807. The standard InChI is InChI=1S/C11H17N3O2/c1-8-6-13-16-10(8)11(15)14-5-3-4-9(14)7-12-2/h6,9,12H,3-5,7H2,1-2H3. The summed E-state index contributed by atoms with van der Waals surface area (Å²) in [7, 11) is 1.90. The first kappa shape index (κ1) is 11.1. The predicted molar refractivity (Wildman–Crippen MR) is 59.2 cm³/mol. The molecule has 1 aromatic heterocycles. The van der Waals surface area contributed by atoms with Crippen molar-refractivity contribution >= 4 is 5.91 Å². The zero-order chi connectivity index (χ0) is 11.5. The number of aromatic nitrogens is 1. The Morgan fingerprint density at radius 1 is 1.75 bits per heavy atom. The first-order valence-electron chi connectivity index (χ1n) is 5.61. The van der Waals surface area contributed by atoms with Crippen molar-refractivity contribution in [2.75, 3.05) is 20.1 Å². The average Bonchev–Trinajstić information content (AvgIpc) is 2.87. The molecule has 1 N–H and O–H groups in total. The zero-order valence-corrected chi connectivity index (χ0v) is 9.69. The van der Waals surface area contributed by atoms with Gasteiger partial charge in [0, 0.05) is 24.7 Å². The van der Waals surface area contributed by atoms with Gasteiger partial charge in [0.1, 0.15) is 0 Å². The Morgan fingerprint density at radius 2 is 2.56 bits per heavy atom. The van der Waals surface area contributed by atoms with Crippen molar-refractivity contribution in [3.63, 3.8) is 0 Å². The summed E-state index contributed by atoms with van der Waals surface area (Å²) in [5, 5.41) is 6.76. The van der Waals surface area contributed by atoms with Crippen LogP contribution in [-0.4, -0.2) is 42.1 Å². The lowest BCUT2D eigenvalue weighted by Crippen LogP contribution is -2.40. The van der Waals surface area contributed by atoms with Crippen LogP contribution in [0.3, 0.4) is 0 Å². The van der Waals surface area contributed by atoms with Gasteiger partial charge in [-0.25, -0.2) is 0 Å². The van der Waals surface area contributed by atoms with Crippen LogP contribution in [0.2, 0.25) is 0 Å². The van der Waals surface area contributed by atoms with Crippen molar-refractivity contribution in [3.8, 4) is 0 Å². The second-order valence-corrected chi connectivity index (χ2v) is 4.19. The molecule has 1 amide bonds. The summed E-state index contributed by atoms with van der Waals surface area (Å²) in [4.78, 5) is 14.1. The van der Waals surface area contributed by atoms with Crippen molar-refractivity contribution < 1.29 is 9.32 Å². The van der Waals surface area contributed by atoms with Gasteiger partial charge in [0.2, 0.25) is 5.76 Å². The molecule has 1 aliphatic heterocycles. The number of amides is 1. The number of likely N-dealkylation sites (tertiary alicyclic amines) is 1. The molecule has 2 heterocycles. The fourth-order valence-corrected chi connectivity index (χ4v) is 2.18. The van der Waals surface area contributed by atoms with Crippen LogP contribution in [0, 0.1) is 6.92 Å². The summed E-state index contributed by atoms with van der Waals surface area (Å²) >= 11 is 0. The number of hydrogen-bond donors (Lipinski definition) is 1. The molecule has 0 aromatic carbocycles. The van der Waals surface area contributed by atoms with Gasteiger partial charge in [-0.15, -0.1) is 0 Å². The van der Waals surface area contributed by atoms with Gasteiger partial charge >= 0.3 is 0 Å². The van der Waals surface area contributed by atoms with Gasteiger partial charge in [-0.1, -0.05) is 5.16 Å². The fraction of sp³-hybridized carbons (Fsp3) is 0.636. The second-order valence-electron chi connectivity index (χ2n) is 4.19.